The topological polar surface area (TPSA) is 83.5 Å². The number of aryl methyl sites for hydroxylation is 2. The lowest BCUT2D eigenvalue weighted by atomic mass is 9.82. The highest BCUT2D eigenvalue weighted by Gasteiger charge is 2.47. The average Bonchev–Trinajstić information content (AvgIpc) is 3.48. The highest BCUT2D eigenvalue weighted by Crippen LogP contribution is 2.50. The molecule has 0 amide bonds. The second kappa shape index (κ2) is 8.87. The molecule has 1 aromatic heterocycles. The Hall–Kier alpha value is -2.38. The number of hydrogen-bond acceptors (Lipinski definition) is 4. The van der Waals surface area contributed by atoms with Gasteiger partial charge in [-0.2, -0.15) is 0 Å². The Labute approximate surface area is 195 Å². The van der Waals surface area contributed by atoms with Crippen molar-refractivity contribution < 1.29 is 8.42 Å². The van der Waals surface area contributed by atoms with Crippen molar-refractivity contribution in [2.24, 2.45) is 4.99 Å². The molecule has 4 rings (SSSR count). The minimum atomic E-state index is -3.47. The fraction of sp³-hybridized carbons (Fsp3) is 0.417. The number of benzene rings is 1. The molecule has 32 heavy (non-hydrogen) atoms. The van der Waals surface area contributed by atoms with Gasteiger partial charge in [0.1, 0.15) is 0 Å². The molecule has 1 saturated carbocycles. The van der Waals surface area contributed by atoms with Gasteiger partial charge in [0.25, 0.3) is 0 Å². The molecule has 1 unspecified atom stereocenters. The van der Waals surface area contributed by atoms with Gasteiger partial charge in [-0.25, -0.2) is 13.4 Å². The summed E-state index contributed by atoms with van der Waals surface area (Å²) >= 11 is 5.97. The van der Waals surface area contributed by atoms with Gasteiger partial charge in [0.15, 0.2) is 0 Å². The molecule has 0 spiro atoms. The van der Waals surface area contributed by atoms with Gasteiger partial charge in [-0.3, -0.25) is 9.71 Å². The van der Waals surface area contributed by atoms with Gasteiger partial charge in [-0.05, 0) is 99.4 Å². The maximum absolute atomic E-state index is 12.0. The summed E-state index contributed by atoms with van der Waals surface area (Å²) in [6, 6.07) is 11.5. The fourth-order valence-electron chi connectivity index (χ4n) is 4.42. The Morgan fingerprint density at radius 3 is 2.34 bits per heavy atom. The highest BCUT2D eigenvalue weighted by molar-refractivity contribution is 7.89. The summed E-state index contributed by atoms with van der Waals surface area (Å²) in [5.41, 5.74) is 5.18. The van der Waals surface area contributed by atoms with Crippen molar-refractivity contribution in [3.05, 3.63) is 70.0 Å². The van der Waals surface area contributed by atoms with Crippen LogP contribution in [0.15, 0.2) is 53.0 Å². The standard InChI is InChI=1S/C24H29ClN4O2S/c1-16-14-19(15-17(2)26-16)18-4-6-20(7-5-18)24(12-13-24)28-23(29-32(3,30)31)27-22-10-8-21(25)9-11-22/h6,8-11,14-15,18H,4-5,7,12-13H2,1-3H3,(H2,27,28,29). The van der Waals surface area contributed by atoms with Crippen LogP contribution in [0, 0.1) is 13.8 Å². The number of aliphatic imine (C=N–C) groups is 1. The average molecular weight is 473 g/mol. The van der Waals surface area contributed by atoms with Gasteiger partial charge < -0.3 is 5.32 Å². The summed E-state index contributed by atoms with van der Waals surface area (Å²) in [5.74, 6) is 0.732. The van der Waals surface area contributed by atoms with Crippen LogP contribution in [0.4, 0.5) is 5.69 Å². The number of hydrogen-bond donors (Lipinski definition) is 2. The fourth-order valence-corrected chi connectivity index (χ4v) is 4.99. The zero-order chi connectivity index (χ0) is 22.9. The normalized spacial score (nSPS) is 20.4. The SMILES string of the molecule is Cc1cc(C2CC=C(C3(N=C(Nc4ccc(Cl)cc4)NS(C)(=O)=O)CC3)CC2)cc(C)n1. The Morgan fingerprint density at radius 1 is 1.16 bits per heavy atom. The van der Waals surface area contributed by atoms with Crippen molar-refractivity contribution in [2.75, 3.05) is 11.6 Å². The van der Waals surface area contributed by atoms with Crippen LogP contribution in [0.3, 0.4) is 0 Å². The third-order valence-electron chi connectivity index (χ3n) is 6.02. The summed E-state index contributed by atoms with van der Waals surface area (Å²) in [4.78, 5) is 9.37. The molecule has 1 heterocycles. The molecule has 0 bridgehead atoms. The number of allylic oxidation sites excluding steroid dienone is 1. The van der Waals surface area contributed by atoms with E-state index in [9.17, 15) is 8.42 Å². The first kappa shape index (κ1) is 22.8. The lowest BCUT2D eigenvalue weighted by Crippen LogP contribution is -2.37. The molecule has 2 aliphatic carbocycles. The second-order valence-electron chi connectivity index (χ2n) is 8.88. The first-order valence-electron chi connectivity index (χ1n) is 10.9. The van der Waals surface area contributed by atoms with E-state index in [1.165, 1.54) is 11.1 Å². The van der Waals surface area contributed by atoms with E-state index in [-0.39, 0.29) is 11.5 Å². The Balaban J connectivity index is 1.55. The Bertz CT molecular complexity index is 1150. The first-order chi connectivity index (χ1) is 15.1. The van der Waals surface area contributed by atoms with Gasteiger partial charge in [0.2, 0.25) is 16.0 Å². The largest absolute Gasteiger partial charge is 0.326 e. The maximum Gasteiger partial charge on any atom is 0.232 e. The van der Waals surface area contributed by atoms with Gasteiger partial charge in [-0.1, -0.05) is 17.7 Å². The minimum absolute atomic E-state index is 0.246. The molecular weight excluding hydrogens is 444 g/mol. The number of anilines is 1. The molecule has 2 N–H and O–H groups in total. The molecule has 6 nitrogen and oxygen atoms in total. The van der Waals surface area contributed by atoms with Crippen molar-refractivity contribution in [3.63, 3.8) is 0 Å². The van der Waals surface area contributed by atoms with E-state index in [1.54, 1.807) is 24.3 Å². The molecule has 0 saturated heterocycles. The third-order valence-corrected chi connectivity index (χ3v) is 6.84. The first-order valence-corrected chi connectivity index (χ1v) is 13.1. The van der Waals surface area contributed by atoms with Crippen LogP contribution in [-0.2, 0) is 10.0 Å². The van der Waals surface area contributed by atoms with Crippen LogP contribution in [0.25, 0.3) is 0 Å². The van der Waals surface area contributed by atoms with Crippen LogP contribution in [0.5, 0.6) is 0 Å². The summed E-state index contributed by atoms with van der Waals surface area (Å²) < 4.78 is 26.4. The van der Waals surface area contributed by atoms with E-state index >= 15 is 0 Å². The zero-order valence-corrected chi connectivity index (χ0v) is 20.2. The zero-order valence-electron chi connectivity index (χ0n) is 18.7. The van der Waals surface area contributed by atoms with Gasteiger partial charge in [0.05, 0.1) is 11.8 Å². The maximum atomic E-state index is 12.0. The molecular formula is C24H29ClN4O2S. The summed E-state index contributed by atoms with van der Waals surface area (Å²) in [6.45, 7) is 4.08. The number of aromatic nitrogens is 1. The third kappa shape index (κ3) is 5.70. The molecule has 170 valence electrons. The number of rotatable bonds is 5. The lowest BCUT2D eigenvalue weighted by Gasteiger charge is -2.26. The minimum Gasteiger partial charge on any atom is -0.326 e. The van der Waals surface area contributed by atoms with Gasteiger partial charge >= 0.3 is 0 Å². The number of sulfonamides is 1. The van der Waals surface area contributed by atoms with Crippen LogP contribution in [0.2, 0.25) is 5.02 Å². The Kier molecular flexibility index (Phi) is 6.32. The van der Waals surface area contributed by atoms with E-state index < -0.39 is 10.0 Å². The molecule has 1 atom stereocenters. The predicted molar refractivity (Wildman–Crippen MR) is 131 cm³/mol. The summed E-state index contributed by atoms with van der Waals surface area (Å²) in [7, 11) is -3.47. The molecule has 2 aromatic rings. The predicted octanol–water partition coefficient (Wildman–Crippen LogP) is 5.10. The van der Waals surface area contributed by atoms with Crippen LogP contribution < -0.4 is 10.0 Å². The van der Waals surface area contributed by atoms with Crippen molar-refractivity contribution in [1.29, 1.82) is 0 Å². The smallest absolute Gasteiger partial charge is 0.232 e. The number of halogens is 1. The van der Waals surface area contributed by atoms with E-state index in [2.05, 4.69) is 33.2 Å². The molecule has 1 fully saturated rings. The van der Waals surface area contributed by atoms with Crippen LogP contribution in [-0.4, -0.2) is 31.2 Å². The Morgan fingerprint density at radius 2 is 1.81 bits per heavy atom. The molecule has 0 radical (unpaired) electrons. The molecule has 0 aliphatic heterocycles. The number of nitrogens with one attached hydrogen (secondary N) is 2. The molecule has 8 heteroatoms. The van der Waals surface area contributed by atoms with Gasteiger partial charge in [-0.15, -0.1) is 0 Å². The molecule has 2 aliphatic rings. The van der Waals surface area contributed by atoms with E-state index in [0.29, 0.717) is 10.9 Å². The number of pyridine rings is 1. The summed E-state index contributed by atoms with van der Waals surface area (Å²) in [5, 5.41) is 3.73. The number of guanidine groups is 1. The van der Waals surface area contributed by atoms with E-state index in [0.717, 1.165) is 55.4 Å². The van der Waals surface area contributed by atoms with E-state index in [1.807, 2.05) is 13.8 Å². The van der Waals surface area contributed by atoms with Crippen molar-refractivity contribution in [2.45, 2.75) is 57.4 Å². The van der Waals surface area contributed by atoms with Crippen LogP contribution in [0.1, 0.15) is 55.0 Å². The second-order valence-corrected chi connectivity index (χ2v) is 11.1. The summed E-state index contributed by atoms with van der Waals surface area (Å²) in [6.07, 6.45) is 8.29. The van der Waals surface area contributed by atoms with E-state index in [4.69, 9.17) is 16.6 Å². The van der Waals surface area contributed by atoms with Crippen molar-refractivity contribution >= 4 is 33.3 Å². The van der Waals surface area contributed by atoms with Gasteiger partial charge in [0, 0.05) is 22.1 Å². The molecule has 1 aromatic carbocycles. The lowest BCUT2D eigenvalue weighted by molar-refractivity contribution is 0.562. The highest BCUT2D eigenvalue weighted by atomic mass is 35.5. The quantitative estimate of drug-likeness (QED) is 0.360. The van der Waals surface area contributed by atoms with Crippen molar-refractivity contribution in [3.8, 4) is 0 Å². The number of nitrogens with zero attached hydrogens (tertiary/aromatic N) is 2. The monoisotopic (exact) mass is 472 g/mol. The van der Waals surface area contributed by atoms with Crippen molar-refractivity contribution in [1.82, 2.24) is 9.71 Å². The van der Waals surface area contributed by atoms with Crippen LogP contribution >= 0.6 is 11.6 Å².